The molecule has 4 atom stereocenters. The predicted molar refractivity (Wildman–Crippen MR) is 102 cm³/mol. The maximum atomic E-state index is 12.2. The molecule has 0 saturated heterocycles. The minimum absolute atomic E-state index is 0.179. The molecule has 29 heavy (non-hydrogen) atoms. The third-order valence-electron chi connectivity index (χ3n) is 3.59. The average molecular weight is 435 g/mol. The number of aliphatic carboxylic acids is 2. The molecular weight excluding hydrogens is 410 g/mol. The Morgan fingerprint density at radius 1 is 0.931 bits per heavy atom. The number of rotatable bonds is 13. The molecule has 0 saturated carbocycles. The zero-order valence-electron chi connectivity index (χ0n) is 15.6. The zero-order chi connectivity index (χ0) is 22.7. The lowest BCUT2D eigenvalue weighted by molar-refractivity contribution is -0.142. The van der Waals surface area contributed by atoms with Crippen LogP contribution in [0, 0.1) is 0 Å². The van der Waals surface area contributed by atoms with Gasteiger partial charge in [0.15, 0.2) is 0 Å². The number of hydrogen-bond donors (Lipinski definition) is 8. The van der Waals surface area contributed by atoms with Gasteiger partial charge in [0, 0.05) is 12.2 Å². The Balaban J connectivity index is 4.82. The van der Waals surface area contributed by atoms with Gasteiger partial charge in [0.25, 0.3) is 0 Å². The second-order valence-electron chi connectivity index (χ2n) is 6.08. The summed E-state index contributed by atoms with van der Waals surface area (Å²) in [6, 6.07) is -5.18. The van der Waals surface area contributed by atoms with Gasteiger partial charge in [-0.15, -0.1) is 0 Å². The van der Waals surface area contributed by atoms with Crippen LogP contribution in [0.1, 0.15) is 26.2 Å². The molecule has 0 aliphatic heterocycles. The predicted octanol–water partition coefficient (Wildman–Crippen LogP) is -3.46. The van der Waals surface area contributed by atoms with Crippen molar-refractivity contribution in [1.29, 1.82) is 0 Å². The molecule has 13 nitrogen and oxygen atoms in total. The van der Waals surface area contributed by atoms with Crippen LogP contribution in [0.5, 0.6) is 0 Å². The molecular formula is C15H25N5O8S. The Labute approximate surface area is 171 Å². The molecule has 0 aliphatic carbocycles. The maximum Gasteiger partial charge on any atom is 0.326 e. The first kappa shape index (κ1) is 26.1. The van der Waals surface area contributed by atoms with Gasteiger partial charge >= 0.3 is 11.9 Å². The number of thiol groups is 1. The Bertz CT molecular complexity index is 659. The van der Waals surface area contributed by atoms with Crippen molar-refractivity contribution >= 4 is 48.2 Å². The Hall–Kier alpha value is -2.87. The van der Waals surface area contributed by atoms with Crippen LogP contribution in [0.15, 0.2) is 0 Å². The maximum absolute atomic E-state index is 12.2. The van der Waals surface area contributed by atoms with E-state index in [2.05, 4.69) is 28.6 Å². The molecule has 0 aliphatic rings. The third kappa shape index (κ3) is 10.3. The number of nitrogens with two attached hydrogens (primary N) is 2. The number of carboxylic acids is 2. The van der Waals surface area contributed by atoms with Crippen LogP contribution in [0.25, 0.3) is 0 Å². The Kier molecular flexibility index (Phi) is 11.3. The normalized spacial score (nSPS) is 14.6. The second kappa shape index (κ2) is 12.6. The van der Waals surface area contributed by atoms with Crippen LogP contribution in [0.2, 0.25) is 0 Å². The molecule has 4 amide bonds. The van der Waals surface area contributed by atoms with Crippen molar-refractivity contribution in [3.63, 3.8) is 0 Å². The molecule has 164 valence electrons. The van der Waals surface area contributed by atoms with Gasteiger partial charge < -0.3 is 37.6 Å². The monoisotopic (exact) mass is 435 g/mol. The molecule has 4 unspecified atom stereocenters. The van der Waals surface area contributed by atoms with Crippen LogP contribution in [-0.4, -0.2) is 75.7 Å². The molecule has 0 bridgehead atoms. The molecule has 0 radical (unpaired) electrons. The quantitative estimate of drug-likeness (QED) is 0.134. The van der Waals surface area contributed by atoms with Gasteiger partial charge in [-0.3, -0.25) is 24.0 Å². The fourth-order valence-electron chi connectivity index (χ4n) is 1.97. The Morgan fingerprint density at radius 3 is 1.93 bits per heavy atom. The number of primary amides is 1. The summed E-state index contributed by atoms with van der Waals surface area (Å²) in [5.74, 6) is -6.15. The van der Waals surface area contributed by atoms with E-state index in [1.165, 1.54) is 6.92 Å². The summed E-state index contributed by atoms with van der Waals surface area (Å²) in [6.07, 6.45) is -1.14. The molecule has 0 fully saturated rings. The van der Waals surface area contributed by atoms with Gasteiger partial charge in [-0.1, -0.05) is 0 Å². The van der Waals surface area contributed by atoms with Crippen molar-refractivity contribution in [2.24, 2.45) is 11.5 Å². The van der Waals surface area contributed by atoms with Gasteiger partial charge in [-0.05, 0) is 13.3 Å². The lowest BCUT2D eigenvalue weighted by Gasteiger charge is -2.22. The average Bonchev–Trinajstić information content (AvgIpc) is 2.61. The van der Waals surface area contributed by atoms with Crippen molar-refractivity contribution in [1.82, 2.24) is 16.0 Å². The first-order valence-electron chi connectivity index (χ1n) is 8.39. The lowest BCUT2D eigenvalue weighted by atomic mass is 10.1. The van der Waals surface area contributed by atoms with E-state index >= 15 is 0 Å². The van der Waals surface area contributed by atoms with Gasteiger partial charge in [-0.25, -0.2) is 4.79 Å². The highest BCUT2D eigenvalue weighted by Crippen LogP contribution is 2.00. The largest absolute Gasteiger partial charge is 0.481 e. The fourth-order valence-corrected chi connectivity index (χ4v) is 2.23. The Morgan fingerprint density at radius 2 is 1.48 bits per heavy atom. The van der Waals surface area contributed by atoms with E-state index in [9.17, 15) is 28.8 Å². The van der Waals surface area contributed by atoms with Gasteiger partial charge in [-0.2, -0.15) is 12.6 Å². The smallest absolute Gasteiger partial charge is 0.326 e. The van der Waals surface area contributed by atoms with Crippen molar-refractivity contribution in [2.75, 3.05) is 5.75 Å². The fraction of sp³-hybridized carbons (Fsp3) is 0.600. The van der Waals surface area contributed by atoms with Crippen molar-refractivity contribution < 1.29 is 39.0 Å². The minimum Gasteiger partial charge on any atom is -0.481 e. The number of amides is 4. The summed E-state index contributed by atoms with van der Waals surface area (Å²) in [5.41, 5.74) is 10.4. The highest BCUT2D eigenvalue weighted by molar-refractivity contribution is 7.80. The van der Waals surface area contributed by atoms with Crippen LogP contribution in [-0.2, 0) is 28.8 Å². The van der Waals surface area contributed by atoms with E-state index < -0.39 is 66.2 Å². The summed E-state index contributed by atoms with van der Waals surface area (Å²) in [5, 5.41) is 24.3. The van der Waals surface area contributed by atoms with Crippen LogP contribution >= 0.6 is 12.6 Å². The number of hydrogen-bond acceptors (Lipinski definition) is 8. The minimum atomic E-state index is -1.39. The highest BCUT2D eigenvalue weighted by Gasteiger charge is 2.28. The van der Waals surface area contributed by atoms with E-state index in [-0.39, 0.29) is 18.6 Å². The lowest BCUT2D eigenvalue weighted by Crippen LogP contribution is -2.57. The number of carbonyl (C=O) groups excluding carboxylic acids is 4. The third-order valence-corrected chi connectivity index (χ3v) is 3.96. The molecule has 0 aromatic rings. The number of carbonyl (C=O) groups is 6. The highest BCUT2D eigenvalue weighted by atomic mass is 32.1. The molecule has 14 heteroatoms. The molecule has 0 rings (SSSR count). The SMILES string of the molecule is CC(NC(=O)C(CS)NC(=O)C(N)CC(=O)O)C(=O)NC(CCC(N)=O)C(=O)O. The zero-order valence-corrected chi connectivity index (χ0v) is 16.5. The first-order chi connectivity index (χ1) is 13.4. The van der Waals surface area contributed by atoms with Crippen LogP contribution < -0.4 is 27.4 Å². The van der Waals surface area contributed by atoms with Crippen molar-refractivity contribution in [3.05, 3.63) is 0 Å². The molecule has 0 aromatic heterocycles. The molecule has 0 aromatic carbocycles. The number of nitrogens with one attached hydrogen (secondary N) is 3. The summed E-state index contributed by atoms with van der Waals surface area (Å²) in [4.78, 5) is 68.6. The summed E-state index contributed by atoms with van der Waals surface area (Å²) in [6.45, 7) is 1.27. The molecule has 0 spiro atoms. The first-order valence-corrected chi connectivity index (χ1v) is 9.02. The molecule has 9 N–H and O–H groups in total. The van der Waals surface area contributed by atoms with Gasteiger partial charge in [0.1, 0.15) is 18.1 Å². The summed E-state index contributed by atoms with van der Waals surface area (Å²) in [7, 11) is 0. The summed E-state index contributed by atoms with van der Waals surface area (Å²) < 4.78 is 0. The topological polar surface area (TPSA) is 231 Å². The van der Waals surface area contributed by atoms with E-state index in [1.54, 1.807) is 0 Å². The standard InChI is InChI=1S/C15H25N5O8S/c1-6(12(24)19-8(15(27)28)2-3-10(17)21)18-14(26)9(5-29)20-13(25)7(16)4-11(22)23/h6-9,29H,2-5,16H2,1H3,(H2,17,21)(H,18,26)(H,19,24)(H,20,25)(H,22,23)(H,27,28). The molecule has 0 heterocycles. The van der Waals surface area contributed by atoms with Gasteiger partial charge in [0.05, 0.1) is 12.5 Å². The van der Waals surface area contributed by atoms with Crippen LogP contribution in [0.3, 0.4) is 0 Å². The van der Waals surface area contributed by atoms with Gasteiger partial charge in [0.2, 0.25) is 23.6 Å². The van der Waals surface area contributed by atoms with Crippen molar-refractivity contribution in [2.45, 2.75) is 50.4 Å². The van der Waals surface area contributed by atoms with Crippen LogP contribution in [0.4, 0.5) is 0 Å². The van der Waals surface area contributed by atoms with Crippen molar-refractivity contribution in [3.8, 4) is 0 Å². The number of carboxylic acid groups (broad SMARTS) is 2. The van der Waals surface area contributed by atoms with E-state index in [0.29, 0.717) is 0 Å². The second-order valence-corrected chi connectivity index (χ2v) is 6.45. The van der Waals surface area contributed by atoms with E-state index in [0.717, 1.165) is 0 Å². The van der Waals surface area contributed by atoms with E-state index in [1.807, 2.05) is 0 Å². The van der Waals surface area contributed by atoms with E-state index in [4.69, 9.17) is 21.7 Å². The summed E-state index contributed by atoms with van der Waals surface area (Å²) >= 11 is 3.92.